The summed E-state index contributed by atoms with van der Waals surface area (Å²) in [7, 11) is 1.46. The number of hydrogen-bond acceptors (Lipinski definition) is 5. The Morgan fingerprint density at radius 2 is 1.67 bits per heavy atom. The molecule has 1 saturated carbocycles. The van der Waals surface area contributed by atoms with E-state index in [0.717, 1.165) is 18.2 Å². The van der Waals surface area contributed by atoms with Crippen molar-refractivity contribution in [2.24, 2.45) is 13.0 Å². The van der Waals surface area contributed by atoms with E-state index in [2.05, 4.69) is 20.6 Å². The van der Waals surface area contributed by atoms with Crippen LogP contribution in [0.2, 0.25) is 10.0 Å². The van der Waals surface area contributed by atoms with Crippen molar-refractivity contribution >= 4 is 51.9 Å². The van der Waals surface area contributed by atoms with Gasteiger partial charge in [0.05, 0.1) is 21.7 Å². The molecule has 0 spiro atoms. The number of nitrogens with one attached hydrogen (secondary N) is 2. The second-order valence-electron chi connectivity index (χ2n) is 9.02. The zero-order chi connectivity index (χ0) is 28.7. The highest BCUT2D eigenvalue weighted by Gasteiger charge is 2.41. The maximum atomic E-state index is 13.5. The normalized spacial score (nSPS) is 18.3. The molecule has 2 aromatic heterocycles. The quantitative estimate of drug-likeness (QED) is 0.299. The summed E-state index contributed by atoms with van der Waals surface area (Å²) in [5, 5.41) is 5.21. The van der Waals surface area contributed by atoms with Gasteiger partial charge in [0, 0.05) is 13.1 Å². The number of rotatable bonds is 6. The second-order valence-corrected chi connectivity index (χ2v) is 9.83. The van der Waals surface area contributed by atoms with Gasteiger partial charge < -0.3 is 15.4 Å². The summed E-state index contributed by atoms with van der Waals surface area (Å²) < 4.78 is 97.3. The van der Waals surface area contributed by atoms with Crippen molar-refractivity contribution in [1.29, 1.82) is 0 Å². The number of imidazole rings is 1. The van der Waals surface area contributed by atoms with E-state index in [4.69, 9.17) is 27.9 Å². The van der Waals surface area contributed by atoms with Gasteiger partial charge in [0.1, 0.15) is 16.9 Å². The Balaban J connectivity index is 1.64. The van der Waals surface area contributed by atoms with Gasteiger partial charge in [0.25, 0.3) is 5.91 Å². The van der Waals surface area contributed by atoms with Crippen LogP contribution in [0.3, 0.4) is 0 Å². The maximum absolute atomic E-state index is 13.5. The summed E-state index contributed by atoms with van der Waals surface area (Å²) in [6, 6.07) is 2.55. The standard InChI is InChI=1S/C23H20Cl2F7N5O2/c1-37-18-16(34-21(37)35-17-14(24)6-11(26)7-15(17)25)8-13(20(36-18)39-9-22(27,28)29)19(38)33-12-4-2-10(3-5-12)23(30,31)32/h6-8,10,12H,2-5,9H2,1H3,(H,33,38)(H,34,35)/t10-,12-. The zero-order valence-electron chi connectivity index (χ0n) is 20.0. The Morgan fingerprint density at radius 3 is 2.23 bits per heavy atom. The molecule has 0 aliphatic heterocycles. The highest BCUT2D eigenvalue weighted by molar-refractivity contribution is 6.39. The van der Waals surface area contributed by atoms with E-state index in [9.17, 15) is 35.5 Å². The third-order valence-corrected chi connectivity index (χ3v) is 6.79. The number of pyridine rings is 1. The highest BCUT2D eigenvalue weighted by atomic mass is 35.5. The molecule has 39 heavy (non-hydrogen) atoms. The molecule has 3 aromatic rings. The molecule has 2 N–H and O–H groups in total. The number of carbonyl (C=O) groups is 1. The monoisotopic (exact) mass is 601 g/mol. The number of halogens is 9. The van der Waals surface area contributed by atoms with Gasteiger partial charge in [0.2, 0.25) is 11.8 Å². The fraction of sp³-hybridized carbons (Fsp3) is 0.435. The molecule has 0 unspecified atom stereocenters. The second kappa shape index (κ2) is 10.9. The Labute approximate surface area is 226 Å². The molecule has 2 heterocycles. The third kappa shape index (κ3) is 6.78. The molecule has 0 atom stereocenters. The van der Waals surface area contributed by atoms with Gasteiger partial charge in [-0.2, -0.15) is 31.3 Å². The van der Waals surface area contributed by atoms with Crippen LogP contribution in [0.1, 0.15) is 36.0 Å². The first-order chi connectivity index (χ1) is 18.1. The number of benzene rings is 1. The number of alkyl halides is 6. The number of aromatic nitrogens is 3. The van der Waals surface area contributed by atoms with Gasteiger partial charge in [-0.15, -0.1) is 0 Å². The molecular formula is C23H20Cl2F7N5O2. The molecule has 1 aromatic carbocycles. The van der Waals surface area contributed by atoms with Crippen LogP contribution in [-0.4, -0.2) is 45.4 Å². The van der Waals surface area contributed by atoms with Crippen molar-refractivity contribution in [3.8, 4) is 5.88 Å². The summed E-state index contributed by atoms with van der Waals surface area (Å²) in [5.41, 5.74) is -0.197. The SMILES string of the molecule is Cn1c(Nc2c(Cl)cc(F)cc2Cl)nc2cc(C(=O)N[C@H]3CC[C@H](C(F)(F)F)CC3)c(OCC(F)(F)F)nc21. The predicted octanol–water partition coefficient (Wildman–Crippen LogP) is 6.95. The molecule has 1 aliphatic rings. The molecule has 212 valence electrons. The van der Waals surface area contributed by atoms with Gasteiger partial charge in [-0.25, -0.2) is 9.37 Å². The van der Waals surface area contributed by atoms with Crippen LogP contribution in [0.15, 0.2) is 18.2 Å². The summed E-state index contributed by atoms with van der Waals surface area (Å²) in [4.78, 5) is 21.4. The number of fused-ring (bicyclic) bond motifs is 1. The largest absolute Gasteiger partial charge is 0.467 e. The molecule has 1 fully saturated rings. The molecule has 1 aliphatic carbocycles. The number of anilines is 2. The van der Waals surface area contributed by atoms with Crippen molar-refractivity contribution in [2.75, 3.05) is 11.9 Å². The summed E-state index contributed by atoms with van der Waals surface area (Å²) in [5.74, 6) is -3.62. The number of hydrogen-bond donors (Lipinski definition) is 2. The maximum Gasteiger partial charge on any atom is 0.422 e. The molecule has 16 heteroatoms. The first kappa shape index (κ1) is 29.0. The van der Waals surface area contributed by atoms with Gasteiger partial charge in [0.15, 0.2) is 12.3 Å². The zero-order valence-corrected chi connectivity index (χ0v) is 21.5. The first-order valence-electron chi connectivity index (χ1n) is 11.5. The van der Waals surface area contributed by atoms with Crippen molar-refractivity contribution in [2.45, 2.75) is 44.1 Å². The van der Waals surface area contributed by atoms with E-state index in [1.807, 2.05) is 0 Å². The lowest BCUT2D eigenvalue weighted by molar-refractivity contribution is -0.182. The van der Waals surface area contributed by atoms with Gasteiger partial charge in [-0.05, 0) is 43.9 Å². The lowest BCUT2D eigenvalue weighted by atomic mass is 9.85. The Bertz CT molecular complexity index is 1360. The smallest absolute Gasteiger partial charge is 0.422 e. The average Bonchev–Trinajstić information content (AvgIpc) is 3.13. The van der Waals surface area contributed by atoms with Gasteiger partial charge in [-0.3, -0.25) is 9.36 Å². The van der Waals surface area contributed by atoms with Crippen LogP contribution in [0.25, 0.3) is 11.2 Å². The van der Waals surface area contributed by atoms with Gasteiger partial charge >= 0.3 is 12.4 Å². The average molecular weight is 602 g/mol. The van der Waals surface area contributed by atoms with E-state index >= 15 is 0 Å². The molecular weight excluding hydrogens is 582 g/mol. The minimum Gasteiger partial charge on any atom is -0.467 e. The van der Waals surface area contributed by atoms with Crippen LogP contribution >= 0.6 is 23.2 Å². The van der Waals surface area contributed by atoms with E-state index in [-0.39, 0.29) is 64.1 Å². The topological polar surface area (TPSA) is 81.1 Å². The third-order valence-electron chi connectivity index (χ3n) is 6.20. The minimum absolute atomic E-state index is 0.0197. The van der Waals surface area contributed by atoms with Crippen LogP contribution in [0.4, 0.5) is 42.4 Å². The molecule has 0 radical (unpaired) electrons. The number of aryl methyl sites for hydroxylation is 1. The van der Waals surface area contributed by atoms with Crippen LogP contribution in [0, 0.1) is 11.7 Å². The van der Waals surface area contributed by atoms with Crippen molar-refractivity contribution in [3.63, 3.8) is 0 Å². The van der Waals surface area contributed by atoms with Crippen molar-refractivity contribution in [1.82, 2.24) is 19.9 Å². The lowest BCUT2D eigenvalue weighted by Crippen LogP contribution is -2.40. The number of amides is 1. The Hall–Kier alpha value is -3.00. The fourth-order valence-electron chi connectivity index (χ4n) is 4.23. The van der Waals surface area contributed by atoms with Gasteiger partial charge in [-0.1, -0.05) is 23.2 Å². The summed E-state index contributed by atoms with van der Waals surface area (Å²) in [6.45, 7) is -1.74. The van der Waals surface area contributed by atoms with Crippen molar-refractivity contribution in [3.05, 3.63) is 39.6 Å². The van der Waals surface area contributed by atoms with Crippen LogP contribution < -0.4 is 15.4 Å². The summed E-state index contributed by atoms with van der Waals surface area (Å²) >= 11 is 12.1. The molecule has 1 amide bonds. The van der Waals surface area contributed by atoms with E-state index < -0.39 is 48.5 Å². The molecule has 0 saturated heterocycles. The summed E-state index contributed by atoms with van der Waals surface area (Å²) in [6.07, 6.45) is -9.37. The van der Waals surface area contributed by atoms with E-state index in [0.29, 0.717) is 0 Å². The fourth-order valence-corrected chi connectivity index (χ4v) is 4.79. The lowest BCUT2D eigenvalue weighted by Gasteiger charge is -2.30. The number of ether oxygens (including phenoxy) is 1. The molecule has 7 nitrogen and oxygen atoms in total. The highest BCUT2D eigenvalue weighted by Crippen LogP contribution is 2.38. The minimum atomic E-state index is -4.74. The molecule has 0 bridgehead atoms. The Kier molecular flexibility index (Phi) is 8.08. The Morgan fingerprint density at radius 1 is 1.05 bits per heavy atom. The molecule has 4 rings (SSSR count). The van der Waals surface area contributed by atoms with Crippen LogP contribution in [0.5, 0.6) is 5.88 Å². The van der Waals surface area contributed by atoms with Crippen molar-refractivity contribution < 1.29 is 40.3 Å². The van der Waals surface area contributed by atoms with Crippen LogP contribution in [-0.2, 0) is 7.05 Å². The van der Waals surface area contributed by atoms with E-state index in [1.54, 1.807) is 0 Å². The van der Waals surface area contributed by atoms with E-state index in [1.165, 1.54) is 11.6 Å². The predicted molar refractivity (Wildman–Crippen MR) is 129 cm³/mol. The number of carbonyl (C=O) groups excluding carboxylic acids is 1. The number of nitrogens with zero attached hydrogens (tertiary/aromatic N) is 3. The first-order valence-corrected chi connectivity index (χ1v) is 12.2.